The summed E-state index contributed by atoms with van der Waals surface area (Å²) in [6, 6.07) is 5.09. The maximum absolute atomic E-state index is 13.3. The van der Waals surface area contributed by atoms with Crippen LogP contribution in [-0.4, -0.2) is 77.5 Å². The van der Waals surface area contributed by atoms with Crippen LogP contribution in [0.2, 0.25) is 0 Å². The van der Waals surface area contributed by atoms with Crippen molar-refractivity contribution in [1.82, 2.24) is 26.3 Å². The van der Waals surface area contributed by atoms with E-state index in [0.29, 0.717) is 12.8 Å². The van der Waals surface area contributed by atoms with E-state index in [1.807, 2.05) is 24.3 Å². The number of carbonyl (C=O) groups is 4. The van der Waals surface area contributed by atoms with E-state index < -0.39 is 42.5 Å². The van der Waals surface area contributed by atoms with Crippen LogP contribution in [0.4, 0.5) is 0 Å². The fourth-order valence-electron chi connectivity index (χ4n) is 4.24. The molecular formula is C24H34N8O5. The minimum absolute atomic E-state index is 0.0749. The zero-order chi connectivity index (χ0) is 26.8. The second kappa shape index (κ2) is 13.3. The predicted molar refractivity (Wildman–Crippen MR) is 137 cm³/mol. The molecule has 10 N–H and O–H groups in total. The van der Waals surface area contributed by atoms with E-state index in [9.17, 15) is 19.2 Å². The summed E-state index contributed by atoms with van der Waals surface area (Å²) in [4.78, 5) is 57.0. The number of amides is 3. The molecule has 3 unspecified atom stereocenters. The number of carbonyl (C=O) groups excluding carboxylic acids is 3. The Hall–Kier alpha value is -4.13. The van der Waals surface area contributed by atoms with Crippen LogP contribution in [0.25, 0.3) is 10.9 Å². The van der Waals surface area contributed by atoms with Gasteiger partial charge in [0.1, 0.15) is 18.6 Å². The fraction of sp³-hybridized carbons (Fsp3) is 0.458. The van der Waals surface area contributed by atoms with E-state index in [0.717, 1.165) is 29.4 Å². The summed E-state index contributed by atoms with van der Waals surface area (Å²) in [6.07, 6.45) is 4.02. The number of fused-ring (bicyclic) bond motifs is 1. The molecule has 37 heavy (non-hydrogen) atoms. The van der Waals surface area contributed by atoms with E-state index in [1.54, 1.807) is 6.20 Å². The standard InChI is InChI=1S/C24H34N8O5/c25-24(26)28-10-4-8-18(31-22(36)17-7-3-9-27-17)23(37)32-19(21(35)30-13-20(33)34)11-14-12-29-16-6-2-1-5-15(14)16/h1-2,5-6,12,17-19,27,29H,3-4,7-11,13H2,(H,30,35)(H,31,36)(H,32,37)(H,33,34)(H4,25,26,28). The van der Waals surface area contributed by atoms with Gasteiger partial charge in [0.2, 0.25) is 17.7 Å². The molecule has 1 aliphatic heterocycles. The number of guanidine groups is 1. The number of rotatable bonds is 13. The summed E-state index contributed by atoms with van der Waals surface area (Å²) in [6.45, 7) is 0.391. The lowest BCUT2D eigenvalue weighted by atomic mass is 10.0. The molecule has 3 amide bonds. The molecule has 13 heteroatoms. The van der Waals surface area contributed by atoms with Gasteiger partial charge in [0.25, 0.3) is 0 Å². The van der Waals surface area contributed by atoms with Gasteiger partial charge in [-0.3, -0.25) is 24.2 Å². The van der Waals surface area contributed by atoms with Crippen LogP contribution >= 0.6 is 0 Å². The van der Waals surface area contributed by atoms with Gasteiger partial charge in [-0.15, -0.1) is 0 Å². The Balaban J connectivity index is 1.76. The second-order valence-corrected chi connectivity index (χ2v) is 8.90. The number of carboxylic acid groups (broad SMARTS) is 1. The number of aromatic amines is 1. The molecule has 1 aromatic carbocycles. The zero-order valence-electron chi connectivity index (χ0n) is 20.5. The number of nitrogens with two attached hydrogens (primary N) is 2. The Morgan fingerprint density at radius 3 is 2.59 bits per heavy atom. The van der Waals surface area contributed by atoms with E-state index >= 15 is 0 Å². The Bertz CT molecular complexity index is 1140. The number of aliphatic carboxylic acids is 1. The molecule has 0 saturated carbocycles. The van der Waals surface area contributed by atoms with Gasteiger partial charge in [-0.1, -0.05) is 18.2 Å². The summed E-state index contributed by atoms with van der Waals surface area (Å²) in [5.74, 6) is -2.80. The maximum atomic E-state index is 13.3. The number of carboxylic acids is 1. The van der Waals surface area contributed by atoms with Crippen LogP contribution < -0.4 is 32.7 Å². The molecule has 1 aliphatic rings. The summed E-state index contributed by atoms with van der Waals surface area (Å²) in [7, 11) is 0. The van der Waals surface area contributed by atoms with E-state index in [4.69, 9.17) is 16.6 Å². The van der Waals surface area contributed by atoms with Crippen molar-refractivity contribution in [3.8, 4) is 0 Å². The lowest BCUT2D eigenvalue weighted by Crippen LogP contribution is -2.56. The van der Waals surface area contributed by atoms with E-state index in [2.05, 4.69) is 31.2 Å². The molecule has 0 spiro atoms. The highest BCUT2D eigenvalue weighted by Crippen LogP contribution is 2.19. The average molecular weight is 515 g/mol. The Morgan fingerprint density at radius 2 is 1.89 bits per heavy atom. The first-order valence-corrected chi connectivity index (χ1v) is 12.2. The zero-order valence-corrected chi connectivity index (χ0v) is 20.5. The largest absolute Gasteiger partial charge is 0.480 e. The molecule has 0 radical (unpaired) electrons. The molecule has 1 saturated heterocycles. The van der Waals surface area contributed by atoms with E-state index in [1.165, 1.54) is 0 Å². The third-order valence-corrected chi connectivity index (χ3v) is 6.10. The van der Waals surface area contributed by atoms with Gasteiger partial charge < -0.3 is 42.8 Å². The third kappa shape index (κ3) is 8.20. The third-order valence-electron chi connectivity index (χ3n) is 6.10. The van der Waals surface area contributed by atoms with Crippen LogP contribution in [-0.2, 0) is 25.6 Å². The summed E-state index contributed by atoms with van der Waals surface area (Å²) < 4.78 is 0. The van der Waals surface area contributed by atoms with Crippen LogP contribution in [0.1, 0.15) is 31.2 Å². The van der Waals surface area contributed by atoms with Crippen LogP contribution in [0.3, 0.4) is 0 Å². The van der Waals surface area contributed by atoms with Gasteiger partial charge in [0, 0.05) is 30.1 Å². The van der Waals surface area contributed by atoms with Gasteiger partial charge in [0.05, 0.1) is 6.04 Å². The molecule has 200 valence electrons. The highest BCUT2D eigenvalue weighted by atomic mass is 16.4. The molecule has 2 aromatic rings. The minimum atomic E-state index is -1.21. The topological polar surface area (TPSA) is 217 Å². The highest BCUT2D eigenvalue weighted by molar-refractivity contribution is 5.94. The Morgan fingerprint density at radius 1 is 1.11 bits per heavy atom. The van der Waals surface area contributed by atoms with E-state index in [-0.39, 0.29) is 31.3 Å². The fourth-order valence-corrected chi connectivity index (χ4v) is 4.24. The van der Waals surface area contributed by atoms with Gasteiger partial charge in [-0.05, 0) is 43.9 Å². The molecule has 1 aromatic heterocycles. The molecule has 2 heterocycles. The van der Waals surface area contributed by atoms with Crippen LogP contribution in [0.5, 0.6) is 0 Å². The first kappa shape index (κ1) is 27.5. The van der Waals surface area contributed by atoms with Crippen molar-refractivity contribution in [1.29, 1.82) is 0 Å². The van der Waals surface area contributed by atoms with Crippen LogP contribution in [0.15, 0.2) is 35.5 Å². The molecule has 0 aliphatic carbocycles. The average Bonchev–Trinajstić information content (AvgIpc) is 3.54. The van der Waals surface area contributed by atoms with Crippen molar-refractivity contribution in [2.75, 3.05) is 19.6 Å². The molecule has 3 atom stereocenters. The van der Waals surface area contributed by atoms with Crippen molar-refractivity contribution in [2.24, 2.45) is 16.5 Å². The smallest absolute Gasteiger partial charge is 0.322 e. The Kier molecular flexibility index (Phi) is 9.84. The first-order chi connectivity index (χ1) is 17.7. The van der Waals surface area contributed by atoms with Crippen molar-refractivity contribution in [3.63, 3.8) is 0 Å². The van der Waals surface area contributed by atoms with Crippen LogP contribution in [0, 0.1) is 0 Å². The lowest BCUT2D eigenvalue weighted by molar-refractivity contribution is -0.138. The number of aliphatic imine (C=N–C) groups is 1. The minimum Gasteiger partial charge on any atom is -0.480 e. The number of para-hydroxylation sites is 1. The molecule has 1 fully saturated rings. The lowest BCUT2D eigenvalue weighted by Gasteiger charge is -2.24. The van der Waals surface area contributed by atoms with Crippen molar-refractivity contribution in [3.05, 3.63) is 36.0 Å². The predicted octanol–water partition coefficient (Wildman–Crippen LogP) is -1.31. The number of benzene rings is 1. The van der Waals surface area contributed by atoms with Gasteiger partial charge >= 0.3 is 5.97 Å². The second-order valence-electron chi connectivity index (χ2n) is 8.90. The Labute approximate surface area is 213 Å². The molecular weight excluding hydrogens is 480 g/mol. The van der Waals surface area contributed by atoms with Gasteiger partial charge in [0.15, 0.2) is 5.96 Å². The number of H-pyrrole nitrogens is 1. The molecule has 13 nitrogen and oxygen atoms in total. The maximum Gasteiger partial charge on any atom is 0.322 e. The normalized spacial score (nSPS) is 16.5. The SMILES string of the molecule is NC(N)=NCCCC(NC(=O)C1CCCN1)C(=O)NC(Cc1c[nH]c2ccccc12)C(=O)NCC(=O)O. The monoisotopic (exact) mass is 514 g/mol. The summed E-state index contributed by atoms with van der Waals surface area (Å²) >= 11 is 0. The number of nitrogens with zero attached hydrogens (tertiary/aromatic N) is 1. The van der Waals surface area contributed by atoms with Gasteiger partial charge in [-0.25, -0.2) is 0 Å². The number of hydrogen-bond acceptors (Lipinski definition) is 6. The summed E-state index contributed by atoms with van der Waals surface area (Å²) in [5, 5.41) is 20.8. The number of aromatic nitrogens is 1. The first-order valence-electron chi connectivity index (χ1n) is 12.2. The van der Waals surface area contributed by atoms with Crippen molar-refractivity contribution >= 4 is 40.6 Å². The van der Waals surface area contributed by atoms with Gasteiger partial charge in [-0.2, -0.15) is 0 Å². The molecule has 0 bridgehead atoms. The van der Waals surface area contributed by atoms with Crippen molar-refractivity contribution < 1.29 is 24.3 Å². The quantitative estimate of drug-likeness (QED) is 0.0909. The summed E-state index contributed by atoms with van der Waals surface area (Å²) in [5.41, 5.74) is 12.4. The number of nitrogens with one attached hydrogen (secondary N) is 5. The highest BCUT2D eigenvalue weighted by Gasteiger charge is 2.30. The molecule has 3 rings (SSSR count). The van der Waals surface area contributed by atoms with Crippen molar-refractivity contribution in [2.45, 2.75) is 50.2 Å². The number of hydrogen-bond donors (Lipinski definition) is 8.